The summed E-state index contributed by atoms with van der Waals surface area (Å²) in [5, 5.41) is 5.19. The summed E-state index contributed by atoms with van der Waals surface area (Å²) in [5.74, 6) is 0.653. The Hall–Kier alpha value is -2.09. The number of halogens is 1. The Morgan fingerprint density at radius 2 is 2.04 bits per heavy atom. The Kier molecular flexibility index (Phi) is 5.98. The van der Waals surface area contributed by atoms with Crippen LogP contribution in [0, 0.1) is 5.92 Å². The number of rotatable bonds is 8. The normalized spacial score (nSPS) is 17.6. The first kappa shape index (κ1) is 20.6. The summed E-state index contributed by atoms with van der Waals surface area (Å²) in [5.41, 5.74) is 9.75. The Labute approximate surface area is 168 Å². The number of aromatic nitrogens is 2. The average molecular weight is 424 g/mol. The van der Waals surface area contributed by atoms with Gasteiger partial charge in [-0.2, -0.15) is 0 Å². The van der Waals surface area contributed by atoms with Gasteiger partial charge in [-0.05, 0) is 55.2 Å². The SMILES string of the molecule is C[C@H](C[C@@H](C)S(C)(=O)=O)Oc1ncc(C(N=[N+]=[N-])C2CC2)c2cc(Cl)ncc12. The molecule has 0 amide bonds. The van der Waals surface area contributed by atoms with E-state index in [1.54, 1.807) is 32.3 Å². The Balaban J connectivity index is 1.97. The second-order valence-corrected chi connectivity index (χ2v) is 10.2. The highest BCUT2D eigenvalue weighted by atomic mass is 35.5. The first-order valence-corrected chi connectivity index (χ1v) is 11.4. The molecule has 1 unspecified atom stereocenters. The summed E-state index contributed by atoms with van der Waals surface area (Å²) in [6.07, 6.45) is 6.43. The maximum absolute atomic E-state index is 11.7. The van der Waals surface area contributed by atoms with Gasteiger partial charge in [-0.25, -0.2) is 18.4 Å². The molecule has 0 radical (unpaired) electrons. The zero-order valence-electron chi connectivity index (χ0n) is 15.9. The third-order valence-corrected chi connectivity index (χ3v) is 6.86. The smallest absolute Gasteiger partial charge is 0.223 e. The standard InChI is InChI=1S/C18H22ClN5O3S/c1-10(6-11(2)28(3,25)26)27-18-15-9-21-16(19)7-13(15)14(8-22-18)17(23-24-20)12-4-5-12/h7-12,17H,4-6H2,1-3H3/t10-,11-,17?/m1/s1. The van der Waals surface area contributed by atoms with Crippen LogP contribution in [0.5, 0.6) is 5.88 Å². The predicted octanol–water partition coefficient (Wildman–Crippen LogP) is 4.64. The molecule has 0 spiro atoms. The van der Waals surface area contributed by atoms with E-state index in [9.17, 15) is 8.42 Å². The number of ether oxygens (including phenoxy) is 1. The molecule has 2 heterocycles. The Morgan fingerprint density at radius 3 is 2.64 bits per heavy atom. The fourth-order valence-electron chi connectivity index (χ4n) is 3.19. The van der Waals surface area contributed by atoms with E-state index < -0.39 is 15.1 Å². The highest BCUT2D eigenvalue weighted by Crippen LogP contribution is 2.46. The molecule has 150 valence electrons. The highest BCUT2D eigenvalue weighted by molar-refractivity contribution is 7.91. The number of pyridine rings is 2. The molecule has 2 aromatic rings. The molecule has 1 aliphatic rings. The van der Waals surface area contributed by atoms with Crippen LogP contribution in [0.1, 0.15) is 44.7 Å². The monoisotopic (exact) mass is 423 g/mol. The second-order valence-electron chi connectivity index (χ2n) is 7.36. The number of nitrogens with zero attached hydrogens (tertiary/aromatic N) is 5. The first-order chi connectivity index (χ1) is 13.2. The Bertz CT molecular complexity index is 1030. The van der Waals surface area contributed by atoms with Crippen molar-refractivity contribution in [3.05, 3.63) is 39.6 Å². The van der Waals surface area contributed by atoms with Gasteiger partial charge >= 0.3 is 0 Å². The quantitative estimate of drug-likeness (QED) is 0.265. The molecular formula is C18H22ClN5O3S. The van der Waals surface area contributed by atoms with E-state index in [2.05, 4.69) is 20.0 Å². The summed E-state index contributed by atoms with van der Waals surface area (Å²) in [6, 6.07) is 1.41. The van der Waals surface area contributed by atoms with Crippen LogP contribution in [0.15, 0.2) is 23.6 Å². The van der Waals surface area contributed by atoms with Crippen LogP contribution in [0.4, 0.5) is 0 Å². The molecule has 0 aliphatic heterocycles. The lowest BCUT2D eigenvalue weighted by Gasteiger charge is -2.20. The molecular weight excluding hydrogens is 402 g/mol. The zero-order chi connectivity index (χ0) is 20.5. The van der Waals surface area contributed by atoms with Gasteiger partial charge in [0, 0.05) is 30.0 Å². The van der Waals surface area contributed by atoms with Crippen molar-refractivity contribution in [3.8, 4) is 5.88 Å². The molecule has 3 rings (SSSR count). The highest BCUT2D eigenvalue weighted by Gasteiger charge is 2.33. The molecule has 1 aliphatic carbocycles. The maximum Gasteiger partial charge on any atom is 0.223 e. The molecule has 3 atom stereocenters. The third-order valence-electron chi connectivity index (χ3n) is 5.00. The van der Waals surface area contributed by atoms with Crippen molar-refractivity contribution in [2.75, 3.05) is 6.26 Å². The summed E-state index contributed by atoms with van der Waals surface area (Å²) in [4.78, 5) is 11.5. The molecule has 28 heavy (non-hydrogen) atoms. The summed E-state index contributed by atoms with van der Waals surface area (Å²) < 4.78 is 29.3. The molecule has 0 N–H and O–H groups in total. The summed E-state index contributed by atoms with van der Waals surface area (Å²) >= 11 is 6.10. The van der Waals surface area contributed by atoms with Gasteiger partial charge in [-0.1, -0.05) is 16.7 Å². The molecule has 1 saturated carbocycles. The minimum atomic E-state index is -3.14. The lowest BCUT2D eigenvalue weighted by atomic mass is 10.00. The van der Waals surface area contributed by atoms with Crippen molar-refractivity contribution in [1.82, 2.24) is 9.97 Å². The van der Waals surface area contributed by atoms with Crippen LogP contribution >= 0.6 is 11.6 Å². The number of fused-ring (bicyclic) bond motifs is 1. The van der Waals surface area contributed by atoms with Gasteiger partial charge in [0.2, 0.25) is 5.88 Å². The number of hydrogen-bond acceptors (Lipinski definition) is 6. The van der Waals surface area contributed by atoms with Crippen LogP contribution in [-0.2, 0) is 9.84 Å². The van der Waals surface area contributed by atoms with Gasteiger partial charge in [0.05, 0.1) is 22.8 Å². The second kappa shape index (κ2) is 8.11. The van der Waals surface area contributed by atoms with E-state index in [1.807, 2.05) is 0 Å². The maximum atomic E-state index is 11.7. The molecule has 0 saturated heterocycles. The predicted molar refractivity (Wildman–Crippen MR) is 108 cm³/mol. The average Bonchev–Trinajstić information content (AvgIpc) is 3.44. The van der Waals surface area contributed by atoms with E-state index in [1.165, 1.54) is 6.26 Å². The van der Waals surface area contributed by atoms with E-state index in [0.717, 1.165) is 23.8 Å². The van der Waals surface area contributed by atoms with Crippen LogP contribution in [0.3, 0.4) is 0 Å². The molecule has 1 fully saturated rings. The molecule has 8 nitrogen and oxygen atoms in total. The fourth-order valence-corrected chi connectivity index (χ4v) is 3.97. The van der Waals surface area contributed by atoms with Gasteiger partial charge in [-0.15, -0.1) is 0 Å². The molecule has 2 aromatic heterocycles. The third kappa shape index (κ3) is 4.66. The van der Waals surface area contributed by atoms with Crippen molar-refractivity contribution < 1.29 is 13.2 Å². The topological polar surface area (TPSA) is 118 Å². The van der Waals surface area contributed by atoms with Gasteiger partial charge in [0.15, 0.2) is 0 Å². The van der Waals surface area contributed by atoms with Gasteiger partial charge < -0.3 is 4.74 Å². The fraction of sp³-hybridized carbons (Fsp3) is 0.556. The number of hydrogen-bond donors (Lipinski definition) is 0. The van der Waals surface area contributed by atoms with Crippen molar-refractivity contribution in [2.24, 2.45) is 11.0 Å². The van der Waals surface area contributed by atoms with E-state index in [-0.39, 0.29) is 12.1 Å². The van der Waals surface area contributed by atoms with Gasteiger partial charge in [0.1, 0.15) is 15.0 Å². The van der Waals surface area contributed by atoms with E-state index in [4.69, 9.17) is 21.9 Å². The van der Waals surface area contributed by atoms with Crippen LogP contribution in [0.25, 0.3) is 21.2 Å². The van der Waals surface area contributed by atoms with Crippen LogP contribution in [-0.4, -0.2) is 36.0 Å². The number of sulfone groups is 1. The van der Waals surface area contributed by atoms with Crippen molar-refractivity contribution >= 4 is 32.2 Å². The van der Waals surface area contributed by atoms with Crippen molar-refractivity contribution in [3.63, 3.8) is 0 Å². The Morgan fingerprint density at radius 1 is 1.32 bits per heavy atom. The van der Waals surface area contributed by atoms with Gasteiger partial charge in [-0.3, -0.25) is 0 Å². The number of azide groups is 1. The van der Waals surface area contributed by atoms with Crippen LogP contribution in [0.2, 0.25) is 5.15 Å². The van der Waals surface area contributed by atoms with Crippen molar-refractivity contribution in [1.29, 1.82) is 0 Å². The van der Waals surface area contributed by atoms with Crippen LogP contribution < -0.4 is 4.74 Å². The zero-order valence-corrected chi connectivity index (χ0v) is 17.5. The van der Waals surface area contributed by atoms with E-state index >= 15 is 0 Å². The van der Waals surface area contributed by atoms with Crippen molar-refractivity contribution in [2.45, 2.75) is 50.5 Å². The minimum Gasteiger partial charge on any atom is -0.474 e. The molecule has 0 bridgehead atoms. The summed E-state index contributed by atoms with van der Waals surface area (Å²) in [6.45, 7) is 3.46. The minimum absolute atomic E-state index is 0.300. The molecule has 0 aromatic carbocycles. The lowest BCUT2D eigenvalue weighted by molar-refractivity contribution is 0.205. The first-order valence-electron chi connectivity index (χ1n) is 9.04. The largest absolute Gasteiger partial charge is 0.474 e. The molecule has 10 heteroatoms. The summed E-state index contributed by atoms with van der Waals surface area (Å²) in [7, 11) is -3.14. The van der Waals surface area contributed by atoms with Gasteiger partial charge in [0.25, 0.3) is 0 Å². The van der Waals surface area contributed by atoms with E-state index in [0.29, 0.717) is 28.8 Å². The lowest BCUT2D eigenvalue weighted by Crippen LogP contribution is -2.25.